The molecule has 1 unspecified atom stereocenters. The van der Waals surface area contributed by atoms with E-state index < -0.39 is 11.5 Å². The predicted octanol–water partition coefficient (Wildman–Crippen LogP) is 0.524. The molecule has 1 aliphatic rings. The Labute approximate surface area is 104 Å². The molecule has 2 heterocycles. The topological polar surface area (TPSA) is 96.8 Å². The number of carbonyl (C=O) groups is 2. The van der Waals surface area contributed by atoms with E-state index in [1.54, 1.807) is 19.9 Å². The van der Waals surface area contributed by atoms with Crippen LogP contribution in [-0.4, -0.2) is 40.5 Å². The molecule has 2 rings (SSSR count). The van der Waals surface area contributed by atoms with E-state index in [1.165, 1.54) is 4.90 Å². The van der Waals surface area contributed by atoms with Crippen molar-refractivity contribution in [3.63, 3.8) is 0 Å². The predicted molar refractivity (Wildman–Crippen MR) is 63.3 cm³/mol. The van der Waals surface area contributed by atoms with E-state index in [0.29, 0.717) is 23.6 Å². The highest BCUT2D eigenvalue weighted by Crippen LogP contribution is 2.23. The molecule has 6 heteroatoms. The number of hydrogen-bond acceptors (Lipinski definition) is 4. The van der Waals surface area contributed by atoms with Crippen LogP contribution in [0.25, 0.3) is 0 Å². The van der Waals surface area contributed by atoms with Crippen LogP contribution >= 0.6 is 0 Å². The van der Waals surface area contributed by atoms with Crippen molar-refractivity contribution in [3.8, 4) is 0 Å². The maximum Gasteiger partial charge on any atom is 0.325 e. The van der Waals surface area contributed by atoms with E-state index in [9.17, 15) is 9.59 Å². The third-order valence-electron chi connectivity index (χ3n) is 3.29. The number of amides is 1. The van der Waals surface area contributed by atoms with Gasteiger partial charge < -0.3 is 20.2 Å². The summed E-state index contributed by atoms with van der Waals surface area (Å²) >= 11 is 0. The first kappa shape index (κ1) is 12.6. The van der Waals surface area contributed by atoms with Gasteiger partial charge in [0.2, 0.25) is 0 Å². The molecule has 0 radical (unpaired) electrons. The van der Waals surface area contributed by atoms with Crippen LogP contribution in [-0.2, 0) is 4.79 Å². The lowest BCUT2D eigenvalue weighted by molar-refractivity contribution is -0.142. The zero-order valence-corrected chi connectivity index (χ0v) is 10.4. The number of carboxylic acid groups (broad SMARTS) is 1. The fraction of sp³-hybridized carbons (Fsp3) is 0.500. The maximum atomic E-state index is 12.2. The number of hydrogen-bond donors (Lipinski definition) is 2. The fourth-order valence-electron chi connectivity index (χ4n) is 2.19. The van der Waals surface area contributed by atoms with Gasteiger partial charge in [-0.3, -0.25) is 9.59 Å². The van der Waals surface area contributed by atoms with E-state index in [-0.39, 0.29) is 18.9 Å². The third-order valence-corrected chi connectivity index (χ3v) is 3.29. The zero-order chi connectivity index (χ0) is 13.5. The second kappa shape index (κ2) is 4.13. The molecule has 0 aromatic carbocycles. The minimum atomic E-state index is -1.33. The Balaban J connectivity index is 2.18. The summed E-state index contributed by atoms with van der Waals surface area (Å²) in [6.45, 7) is 3.86. The summed E-state index contributed by atoms with van der Waals surface area (Å²) in [7, 11) is 0. The van der Waals surface area contributed by atoms with Crippen molar-refractivity contribution >= 4 is 11.9 Å². The van der Waals surface area contributed by atoms with Crippen molar-refractivity contribution in [2.24, 2.45) is 5.73 Å². The van der Waals surface area contributed by atoms with Crippen molar-refractivity contribution in [1.29, 1.82) is 0 Å². The third kappa shape index (κ3) is 1.99. The second-order valence-electron chi connectivity index (χ2n) is 4.76. The van der Waals surface area contributed by atoms with Gasteiger partial charge in [0, 0.05) is 13.1 Å². The fourth-order valence-corrected chi connectivity index (χ4v) is 2.19. The molecular weight excluding hydrogens is 236 g/mol. The summed E-state index contributed by atoms with van der Waals surface area (Å²) in [6.07, 6.45) is 0.268. The van der Waals surface area contributed by atoms with Gasteiger partial charge in [0.1, 0.15) is 17.1 Å². The van der Waals surface area contributed by atoms with E-state index >= 15 is 0 Å². The molecule has 0 aliphatic carbocycles. The molecule has 0 saturated carbocycles. The minimum absolute atomic E-state index is 0.0326. The molecule has 6 nitrogen and oxygen atoms in total. The van der Waals surface area contributed by atoms with Crippen molar-refractivity contribution in [2.75, 3.05) is 13.1 Å². The normalized spacial score (nSPS) is 23.4. The lowest BCUT2D eigenvalue weighted by Gasteiger charge is -2.19. The molecule has 1 fully saturated rings. The first-order valence-corrected chi connectivity index (χ1v) is 5.72. The Bertz CT molecular complexity index is 508. The summed E-state index contributed by atoms with van der Waals surface area (Å²) in [5.41, 5.74) is 4.88. The molecule has 1 aliphatic heterocycles. The Hall–Kier alpha value is -1.82. The van der Waals surface area contributed by atoms with Crippen molar-refractivity contribution in [3.05, 3.63) is 23.2 Å². The lowest BCUT2D eigenvalue weighted by Crippen LogP contribution is -2.50. The number of carboxylic acids is 1. The Morgan fingerprint density at radius 2 is 2.17 bits per heavy atom. The van der Waals surface area contributed by atoms with Crippen LogP contribution in [0.15, 0.2) is 10.5 Å². The number of aryl methyl sites for hydroxylation is 2. The van der Waals surface area contributed by atoms with E-state index in [0.717, 1.165) is 0 Å². The van der Waals surface area contributed by atoms with E-state index in [4.69, 9.17) is 15.3 Å². The smallest absolute Gasteiger partial charge is 0.325 e. The standard InChI is InChI=1S/C12H16N2O4/c1-7-5-9(8(2)18-7)10(15)14-4-3-12(13,6-14)11(16)17/h5H,3-4,6,13H2,1-2H3,(H,16,17). The molecule has 1 saturated heterocycles. The molecule has 1 aromatic heterocycles. The van der Waals surface area contributed by atoms with Gasteiger partial charge in [0.05, 0.1) is 5.56 Å². The van der Waals surface area contributed by atoms with Gasteiger partial charge in [-0.05, 0) is 26.3 Å². The quantitative estimate of drug-likeness (QED) is 0.800. The number of aliphatic carboxylic acids is 1. The van der Waals surface area contributed by atoms with Gasteiger partial charge >= 0.3 is 5.97 Å². The van der Waals surface area contributed by atoms with Crippen molar-refractivity contribution in [1.82, 2.24) is 4.90 Å². The molecule has 1 aromatic rings. The number of rotatable bonds is 2. The molecule has 1 amide bonds. The number of nitrogens with two attached hydrogens (primary N) is 1. The highest BCUT2D eigenvalue weighted by Gasteiger charge is 2.43. The Morgan fingerprint density at radius 1 is 1.50 bits per heavy atom. The molecule has 98 valence electrons. The first-order valence-electron chi connectivity index (χ1n) is 5.72. The van der Waals surface area contributed by atoms with Gasteiger partial charge in [-0.25, -0.2) is 0 Å². The summed E-state index contributed by atoms with van der Waals surface area (Å²) < 4.78 is 5.30. The summed E-state index contributed by atoms with van der Waals surface area (Å²) in [5.74, 6) is -0.0922. The molecular formula is C12H16N2O4. The van der Waals surface area contributed by atoms with Crippen molar-refractivity contribution in [2.45, 2.75) is 25.8 Å². The van der Waals surface area contributed by atoms with Crippen LogP contribution in [0.4, 0.5) is 0 Å². The summed E-state index contributed by atoms with van der Waals surface area (Å²) in [4.78, 5) is 24.7. The average Bonchev–Trinajstić information content (AvgIpc) is 2.82. The van der Waals surface area contributed by atoms with Gasteiger partial charge in [-0.15, -0.1) is 0 Å². The Kier molecular flexibility index (Phi) is 2.90. The van der Waals surface area contributed by atoms with Crippen LogP contribution in [0.3, 0.4) is 0 Å². The van der Waals surface area contributed by atoms with Crippen LogP contribution in [0.2, 0.25) is 0 Å². The van der Waals surface area contributed by atoms with Crippen LogP contribution in [0.5, 0.6) is 0 Å². The van der Waals surface area contributed by atoms with Crippen LogP contribution in [0, 0.1) is 13.8 Å². The zero-order valence-electron chi connectivity index (χ0n) is 10.4. The maximum absolute atomic E-state index is 12.2. The SMILES string of the molecule is Cc1cc(C(=O)N2CCC(N)(C(=O)O)C2)c(C)o1. The van der Waals surface area contributed by atoms with Crippen LogP contribution < -0.4 is 5.73 Å². The monoisotopic (exact) mass is 252 g/mol. The molecule has 3 N–H and O–H groups in total. The number of likely N-dealkylation sites (tertiary alicyclic amines) is 1. The van der Waals surface area contributed by atoms with E-state index in [1.807, 2.05) is 0 Å². The van der Waals surface area contributed by atoms with Crippen molar-refractivity contribution < 1.29 is 19.1 Å². The largest absolute Gasteiger partial charge is 0.480 e. The Morgan fingerprint density at radius 3 is 2.61 bits per heavy atom. The minimum Gasteiger partial charge on any atom is -0.480 e. The second-order valence-corrected chi connectivity index (χ2v) is 4.76. The van der Waals surface area contributed by atoms with Gasteiger partial charge in [0.15, 0.2) is 0 Å². The number of carbonyl (C=O) groups excluding carboxylic acids is 1. The highest BCUT2D eigenvalue weighted by atomic mass is 16.4. The molecule has 0 spiro atoms. The van der Waals surface area contributed by atoms with E-state index in [2.05, 4.69) is 0 Å². The lowest BCUT2D eigenvalue weighted by atomic mass is 10.0. The van der Waals surface area contributed by atoms with Crippen LogP contribution in [0.1, 0.15) is 28.3 Å². The number of furan rings is 1. The molecule has 0 bridgehead atoms. The summed E-state index contributed by atoms with van der Waals surface area (Å²) in [5, 5.41) is 9.02. The molecule has 18 heavy (non-hydrogen) atoms. The van der Waals surface area contributed by atoms with Gasteiger partial charge in [-0.2, -0.15) is 0 Å². The highest BCUT2D eigenvalue weighted by molar-refractivity contribution is 5.96. The molecule has 1 atom stereocenters. The first-order chi connectivity index (χ1) is 8.33. The van der Waals surface area contributed by atoms with Gasteiger partial charge in [0.25, 0.3) is 5.91 Å². The average molecular weight is 252 g/mol. The number of nitrogens with zero attached hydrogens (tertiary/aromatic N) is 1. The summed E-state index contributed by atoms with van der Waals surface area (Å²) in [6, 6.07) is 1.66. The van der Waals surface area contributed by atoms with Gasteiger partial charge in [-0.1, -0.05) is 0 Å².